The molecule has 2 aromatic carbocycles. The van der Waals surface area contributed by atoms with Gasteiger partial charge in [0.05, 0.1) is 4.92 Å². The normalized spacial score (nSPS) is 9.90. The second-order valence-electron chi connectivity index (χ2n) is 4.31. The van der Waals surface area contributed by atoms with Crippen molar-refractivity contribution in [1.29, 1.82) is 0 Å². The Kier molecular flexibility index (Phi) is 4.46. The Labute approximate surface area is 122 Å². The summed E-state index contributed by atoms with van der Waals surface area (Å²) < 4.78 is 0. The summed E-state index contributed by atoms with van der Waals surface area (Å²) in [5, 5.41) is 11.1. The first-order valence-electron chi connectivity index (χ1n) is 6.36. The third kappa shape index (κ3) is 3.14. The molecule has 0 aliphatic heterocycles. The molecule has 106 valence electrons. The Morgan fingerprint density at radius 3 is 2.38 bits per heavy atom. The highest BCUT2D eigenvalue weighted by molar-refractivity contribution is 6.08. The van der Waals surface area contributed by atoms with Crippen molar-refractivity contribution in [1.82, 2.24) is 0 Å². The fraction of sp³-hybridized carbons (Fsp3) is 0.0625. The first-order chi connectivity index (χ1) is 10.1. The van der Waals surface area contributed by atoms with Crippen molar-refractivity contribution < 1.29 is 9.72 Å². The number of hydrogen-bond acceptors (Lipinski definition) is 3. The third-order valence-electron chi connectivity index (χ3n) is 2.96. The van der Waals surface area contributed by atoms with Crippen molar-refractivity contribution in [2.45, 2.75) is 0 Å². The topological polar surface area (TPSA) is 63.5 Å². The zero-order valence-electron chi connectivity index (χ0n) is 11.3. The molecule has 0 spiro atoms. The van der Waals surface area contributed by atoms with Crippen LogP contribution in [0.4, 0.5) is 11.4 Å². The van der Waals surface area contributed by atoms with Crippen LogP contribution in [-0.2, 0) is 0 Å². The van der Waals surface area contributed by atoms with Gasteiger partial charge in [0.25, 0.3) is 11.6 Å². The quantitative estimate of drug-likeness (QED) is 0.479. The monoisotopic (exact) mass is 282 g/mol. The number of amides is 1. The highest BCUT2D eigenvalue weighted by Gasteiger charge is 2.24. The number of nitrogens with zero attached hydrogens (tertiary/aromatic N) is 2. The van der Waals surface area contributed by atoms with E-state index in [-0.39, 0.29) is 17.8 Å². The number of anilines is 1. The molecular weight excluding hydrogens is 268 g/mol. The molecule has 2 aromatic rings. The first kappa shape index (κ1) is 14.5. The first-order valence-corrected chi connectivity index (χ1v) is 6.36. The van der Waals surface area contributed by atoms with Gasteiger partial charge in [0.15, 0.2) is 0 Å². The van der Waals surface area contributed by atoms with E-state index < -0.39 is 10.8 Å². The molecule has 5 heteroatoms. The lowest BCUT2D eigenvalue weighted by Crippen LogP contribution is -2.31. The molecule has 0 saturated heterocycles. The van der Waals surface area contributed by atoms with Gasteiger partial charge in [-0.1, -0.05) is 36.4 Å². The minimum Gasteiger partial charge on any atom is -0.304 e. The van der Waals surface area contributed by atoms with Gasteiger partial charge in [-0.15, -0.1) is 6.58 Å². The van der Waals surface area contributed by atoms with Crippen molar-refractivity contribution >= 4 is 17.3 Å². The second-order valence-corrected chi connectivity index (χ2v) is 4.31. The lowest BCUT2D eigenvalue weighted by atomic mass is 10.1. The molecule has 0 unspecified atom stereocenters. The summed E-state index contributed by atoms with van der Waals surface area (Å²) in [6.07, 6.45) is 1.58. The molecule has 21 heavy (non-hydrogen) atoms. The summed E-state index contributed by atoms with van der Waals surface area (Å²) in [7, 11) is 0. The minimum atomic E-state index is -0.551. The predicted molar refractivity (Wildman–Crippen MR) is 81.4 cm³/mol. The lowest BCUT2D eigenvalue weighted by Gasteiger charge is -2.21. The maximum absolute atomic E-state index is 12.6. The highest BCUT2D eigenvalue weighted by Crippen LogP contribution is 2.23. The Morgan fingerprint density at radius 2 is 1.76 bits per heavy atom. The fourth-order valence-corrected chi connectivity index (χ4v) is 2.00. The summed E-state index contributed by atoms with van der Waals surface area (Å²) in [6.45, 7) is 3.90. The maximum Gasteiger partial charge on any atom is 0.282 e. The van der Waals surface area contributed by atoms with E-state index in [1.165, 1.54) is 23.1 Å². The Hall–Kier alpha value is -2.95. The Morgan fingerprint density at radius 1 is 1.14 bits per heavy atom. The van der Waals surface area contributed by atoms with Gasteiger partial charge >= 0.3 is 0 Å². The molecule has 0 radical (unpaired) electrons. The molecule has 0 aliphatic rings. The number of carbonyl (C=O) groups is 1. The van der Waals surface area contributed by atoms with Crippen LogP contribution in [0.25, 0.3) is 0 Å². The average Bonchev–Trinajstić information content (AvgIpc) is 2.52. The number of para-hydroxylation sites is 2. The van der Waals surface area contributed by atoms with E-state index in [1.807, 2.05) is 6.07 Å². The van der Waals surface area contributed by atoms with Crippen LogP contribution in [0.2, 0.25) is 0 Å². The van der Waals surface area contributed by atoms with Crippen LogP contribution in [0.5, 0.6) is 0 Å². The Balaban J connectivity index is 2.45. The molecule has 0 saturated carbocycles. The van der Waals surface area contributed by atoms with Crippen molar-refractivity contribution in [3.8, 4) is 0 Å². The molecular formula is C16H14N2O3. The summed E-state index contributed by atoms with van der Waals surface area (Å²) >= 11 is 0. The van der Waals surface area contributed by atoms with Crippen LogP contribution < -0.4 is 4.90 Å². The van der Waals surface area contributed by atoms with Gasteiger partial charge < -0.3 is 4.90 Å². The van der Waals surface area contributed by atoms with Crippen LogP contribution >= 0.6 is 0 Å². The molecule has 0 fully saturated rings. The molecule has 0 N–H and O–H groups in total. The molecule has 1 amide bonds. The van der Waals surface area contributed by atoms with E-state index >= 15 is 0 Å². The lowest BCUT2D eigenvalue weighted by molar-refractivity contribution is -0.385. The predicted octanol–water partition coefficient (Wildman–Crippen LogP) is 3.43. The highest BCUT2D eigenvalue weighted by atomic mass is 16.6. The number of hydrogen-bond donors (Lipinski definition) is 0. The average molecular weight is 282 g/mol. The third-order valence-corrected chi connectivity index (χ3v) is 2.96. The van der Waals surface area contributed by atoms with Gasteiger partial charge in [0, 0.05) is 18.3 Å². The van der Waals surface area contributed by atoms with Crippen LogP contribution in [0, 0.1) is 10.1 Å². The molecule has 0 heterocycles. The molecule has 5 nitrogen and oxygen atoms in total. The standard InChI is InChI=1S/C16H14N2O3/c1-2-12-17(13-8-4-3-5-9-13)16(19)14-10-6-7-11-15(14)18(20)21/h2-11H,1,12H2. The summed E-state index contributed by atoms with van der Waals surface area (Å²) in [5.41, 5.74) is 0.529. The van der Waals surface area contributed by atoms with Gasteiger partial charge in [-0.3, -0.25) is 14.9 Å². The second kappa shape index (κ2) is 6.47. The van der Waals surface area contributed by atoms with Crippen molar-refractivity contribution in [3.63, 3.8) is 0 Å². The van der Waals surface area contributed by atoms with Crippen molar-refractivity contribution in [3.05, 3.63) is 82.9 Å². The van der Waals surface area contributed by atoms with E-state index in [4.69, 9.17) is 0 Å². The SMILES string of the molecule is C=CCN(C(=O)c1ccccc1[N+](=O)[O-])c1ccccc1. The van der Waals surface area contributed by atoms with Crippen molar-refractivity contribution in [2.24, 2.45) is 0 Å². The summed E-state index contributed by atoms with van der Waals surface area (Å²) in [5.74, 6) is -0.423. The molecule has 0 aromatic heterocycles. The largest absolute Gasteiger partial charge is 0.304 e. The minimum absolute atomic E-state index is 0.0632. The van der Waals surface area contributed by atoms with E-state index in [9.17, 15) is 14.9 Å². The number of rotatable bonds is 5. The summed E-state index contributed by atoms with van der Waals surface area (Å²) in [6, 6.07) is 14.9. The Bertz CT molecular complexity index is 668. The van der Waals surface area contributed by atoms with Gasteiger partial charge in [-0.25, -0.2) is 0 Å². The van der Waals surface area contributed by atoms with Crippen LogP contribution in [0.15, 0.2) is 67.3 Å². The van der Waals surface area contributed by atoms with Crippen molar-refractivity contribution in [2.75, 3.05) is 11.4 Å². The maximum atomic E-state index is 12.6. The van der Waals surface area contributed by atoms with Gasteiger partial charge in [-0.2, -0.15) is 0 Å². The van der Waals surface area contributed by atoms with E-state index in [2.05, 4.69) is 6.58 Å². The van der Waals surface area contributed by atoms with Gasteiger partial charge in [-0.05, 0) is 18.2 Å². The zero-order chi connectivity index (χ0) is 15.2. The van der Waals surface area contributed by atoms with Crippen LogP contribution in [0.3, 0.4) is 0 Å². The number of nitro groups is 1. The van der Waals surface area contributed by atoms with Gasteiger partial charge in [0.1, 0.15) is 5.56 Å². The molecule has 0 bridgehead atoms. The van der Waals surface area contributed by atoms with Gasteiger partial charge in [0.2, 0.25) is 0 Å². The van der Waals surface area contributed by atoms with E-state index in [0.717, 1.165) is 0 Å². The number of benzene rings is 2. The smallest absolute Gasteiger partial charge is 0.282 e. The van der Waals surface area contributed by atoms with Crippen LogP contribution in [-0.4, -0.2) is 17.4 Å². The molecule has 0 aliphatic carbocycles. The van der Waals surface area contributed by atoms with E-state index in [1.54, 1.807) is 36.4 Å². The molecule has 2 rings (SSSR count). The number of carbonyl (C=O) groups excluding carboxylic acids is 1. The summed E-state index contributed by atoms with van der Waals surface area (Å²) in [4.78, 5) is 24.6. The van der Waals surface area contributed by atoms with E-state index in [0.29, 0.717) is 5.69 Å². The van der Waals surface area contributed by atoms with Crippen LogP contribution in [0.1, 0.15) is 10.4 Å². The molecule has 0 atom stereocenters. The number of nitro benzene ring substituents is 1. The fourth-order valence-electron chi connectivity index (χ4n) is 2.00. The zero-order valence-corrected chi connectivity index (χ0v) is 11.3.